The summed E-state index contributed by atoms with van der Waals surface area (Å²) in [4.78, 5) is 11.3. The molecule has 12 heteroatoms. The van der Waals surface area contributed by atoms with Crippen LogP contribution < -0.4 is 5.32 Å². The molecule has 154 valence electrons. The first kappa shape index (κ1) is 23.1. The molecule has 1 heterocycles. The van der Waals surface area contributed by atoms with Gasteiger partial charge in [-0.1, -0.05) is 0 Å². The van der Waals surface area contributed by atoms with Gasteiger partial charge < -0.3 is 55.6 Å². The number of amides is 1. The summed E-state index contributed by atoms with van der Waals surface area (Å²) in [7, 11) is 0. The van der Waals surface area contributed by atoms with E-state index in [4.69, 9.17) is 19.7 Å². The van der Waals surface area contributed by atoms with Gasteiger partial charge in [-0.25, -0.2) is 0 Å². The summed E-state index contributed by atoms with van der Waals surface area (Å²) < 4.78 is 10.6. The van der Waals surface area contributed by atoms with E-state index in [-0.39, 0.29) is 0 Å². The fraction of sp³-hybridized carbons (Fsp3) is 0.929. The van der Waals surface area contributed by atoms with Gasteiger partial charge in [0.15, 0.2) is 6.29 Å². The Morgan fingerprint density at radius 3 is 2.12 bits per heavy atom. The molecule has 0 radical (unpaired) electrons. The molecule has 0 saturated carbocycles. The van der Waals surface area contributed by atoms with Gasteiger partial charge in [0.05, 0.1) is 19.8 Å². The van der Waals surface area contributed by atoms with Crippen LogP contribution in [0.2, 0.25) is 0 Å². The molecule has 0 spiro atoms. The minimum atomic E-state index is -1.86. The van der Waals surface area contributed by atoms with Crippen LogP contribution in [0.3, 0.4) is 0 Å². The minimum Gasteiger partial charge on any atom is -0.394 e. The maximum Gasteiger partial charge on any atom is 0.217 e. The molecule has 0 unspecified atom stereocenters. The van der Waals surface area contributed by atoms with Gasteiger partial charge in [-0.15, -0.1) is 0 Å². The number of carbonyl (C=O) groups excluding carboxylic acids is 1. The molecule has 1 aliphatic rings. The Kier molecular flexibility index (Phi) is 9.26. The lowest BCUT2D eigenvalue weighted by molar-refractivity contribution is -0.302. The zero-order chi connectivity index (χ0) is 20.0. The molecule has 1 amide bonds. The molecule has 0 bridgehead atoms. The molecule has 1 saturated heterocycles. The lowest BCUT2D eigenvalue weighted by Gasteiger charge is -2.44. The van der Waals surface area contributed by atoms with E-state index >= 15 is 0 Å². The van der Waals surface area contributed by atoms with E-state index < -0.39 is 80.8 Å². The average Bonchev–Trinajstić information content (AvgIpc) is 2.62. The first-order valence-electron chi connectivity index (χ1n) is 7.98. The zero-order valence-corrected chi connectivity index (χ0v) is 14.1. The molecule has 1 rings (SSSR count). The molecule has 12 nitrogen and oxygen atoms in total. The minimum absolute atomic E-state index is 0.615. The Hall–Kier alpha value is -0.930. The zero-order valence-electron chi connectivity index (χ0n) is 14.1. The maximum absolute atomic E-state index is 11.3. The summed E-state index contributed by atoms with van der Waals surface area (Å²) in [5.41, 5.74) is 0. The predicted octanol–water partition coefficient (Wildman–Crippen LogP) is -5.62. The SMILES string of the molecule is CC(=O)N[C@H]1[C@H](O[C@@H]([C@@H](O)[C@H](O)CO)[C@@H](O)CO)O[C@H](CO)[C@@H](O)[C@@H]1O. The second-order valence-corrected chi connectivity index (χ2v) is 6.02. The highest BCUT2D eigenvalue weighted by Gasteiger charge is 2.47. The molecule has 0 aliphatic carbocycles. The maximum atomic E-state index is 11.3. The lowest BCUT2D eigenvalue weighted by Crippen LogP contribution is -2.66. The fourth-order valence-electron chi connectivity index (χ4n) is 2.57. The summed E-state index contributed by atoms with van der Waals surface area (Å²) in [6.07, 6.45) is -13.1. The molecule has 1 aliphatic heterocycles. The Bertz CT molecular complexity index is 439. The molecular weight excluding hydrogens is 358 g/mol. The predicted molar refractivity (Wildman–Crippen MR) is 82.4 cm³/mol. The Morgan fingerprint density at radius 1 is 1.08 bits per heavy atom. The van der Waals surface area contributed by atoms with Crippen LogP contribution in [0.1, 0.15) is 6.92 Å². The van der Waals surface area contributed by atoms with Crippen molar-refractivity contribution in [3.05, 3.63) is 0 Å². The van der Waals surface area contributed by atoms with Crippen molar-refractivity contribution in [1.82, 2.24) is 5.32 Å². The number of aliphatic hydroxyl groups is 8. The first-order valence-corrected chi connectivity index (χ1v) is 7.98. The van der Waals surface area contributed by atoms with Crippen LogP contribution in [0.5, 0.6) is 0 Å². The second-order valence-electron chi connectivity index (χ2n) is 6.02. The van der Waals surface area contributed by atoms with Crippen LogP contribution in [0.25, 0.3) is 0 Å². The van der Waals surface area contributed by atoms with E-state index in [0.29, 0.717) is 0 Å². The van der Waals surface area contributed by atoms with Crippen molar-refractivity contribution in [3.63, 3.8) is 0 Å². The van der Waals surface area contributed by atoms with Gasteiger partial charge in [0.1, 0.15) is 48.8 Å². The fourth-order valence-corrected chi connectivity index (χ4v) is 2.57. The summed E-state index contributed by atoms with van der Waals surface area (Å²) in [5, 5.41) is 79.1. The molecule has 1 fully saturated rings. The van der Waals surface area contributed by atoms with Gasteiger partial charge in [-0.05, 0) is 0 Å². The van der Waals surface area contributed by atoms with Crippen molar-refractivity contribution in [2.75, 3.05) is 19.8 Å². The normalized spacial score (nSPS) is 34.0. The lowest BCUT2D eigenvalue weighted by atomic mass is 9.96. The third-order valence-electron chi connectivity index (χ3n) is 4.03. The second kappa shape index (κ2) is 10.4. The van der Waals surface area contributed by atoms with Gasteiger partial charge >= 0.3 is 0 Å². The molecule has 0 aromatic carbocycles. The first-order chi connectivity index (χ1) is 12.2. The van der Waals surface area contributed by atoms with E-state index in [2.05, 4.69) is 5.32 Å². The van der Waals surface area contributed by atoms with E-state index in [0.717, 1.165) is 6.92 Å². The molecule has 26 heavy (non-hydrogen) atoms. The van der Waals surface area contributed by atoms with Gasteiger partial charge in [-0.2, -0.15) is 0 Å². The van der Waals surface area contributed by atoms with Crippen molar-refractivity contribution in [2.45, 2.75) is 62.0 Å². The van der Waals surface area contributed by atoms with Crippen LogP contribution in [0.15, 0.2) is 0 Å². The van der Waals surface area contributed by atoms with Crippen molar-refractivity contribution >= 4 is 5.91 Å². The van der Waals surface area contributed by atoms with Crippen LogP contribution in [-0.2, 0) is 14.3 Å². The monoisotopic (exact) mass is 385 g/mol. The van der Waals surface area contributed by atoms with Gasteiger partial charge in [0.25, 0.3) is 0 Å². The third-order valence-corrected chi connectivity index (χ3v) is 4.03. The summed E-state index contributed by atoms with van der Waals surface area (Å²) in [6.45, 7) is -1.34. The standard InChI is InChI=1S/C14H27NO11/c1-5(19)15-9-12(24)11(23)8(4-18)25-14(9)26-13(7(21)3-17)10(22)6(20)2-16/h6-14,16-18,20-24H,2-4H2,1H3,(H,15,19)/t6-,7+,8-,9-,10+,11-,12-,13-,14+/m1/s1. The Morgan fingerprint density at radius 2 is 1.65 bits per heavy atom. The van der Waals surface area contributed by atoms with Gasteiger partial charge in [0, 0.05) is 6.92 Å². The van der Waals surface area contributed by atoms with Crippen molar-refractivity contribution in [3.8, 4) is 0 Å². The summed E-state index contributed by atoms with van der Waals surface area (Å²) in [6, 6.07) is -1.35. The molecule has 0 aromatic heterocycles. The van der Waals surface area contributed by atoms with E-state index in [1.165, 1.54) is 0 Å². The Balaban J connectivity index is 3.07. The van der Waals surface area contributed by atoms with E-state index in [1.807, 2.05) is 0 Å². The molecular formula is C14H27NO11. The van der Waals surface area contributed by atoms with Crippen LogP contribution in [-0.4, -0.2) is 122 Å². The molecule has 9 atom stereocenters. The van der Waals surface area contributed by atoms with Crippen molar-refractivity contribution in [2.24, 2.45) is 0 Å². The quantitative estimate of drug-likeness (QED) is 0.183. The summed E-state index contributed by atoms with van der Waals surface area (Å²) >= 11 is 0. The highest BCUT2D eigenvalue weighted by atomic mass is 16.7. The topological polar surface area (TPSA) is 209 Å². The van der Waals surface area contributed by atoms with Crippen LogP contribution >= 0.6 is 0 Å². The van der Waals surface area contributed by atoms with Gasteiger partial charge in [0.2, 0.25) is 5.91 Å². The largest absolute Gasteiger partial charge is 0.394 e. The smallest absolute Gasteiger partial charge is 0.217 e. The average molecular weight is 385 g/mol. The van der Waals surface area contributed by atoms with Crippen LogP contribution in [0, 0.1) is 0 Å². The number of nitrogens with one attached hydrogen (secondary N) is 1. The number of carbonyl (C=O) groups is 1. The van der Waals surface area contributed by atoms with Crippen molar-refractivity contribution < 1.29 is 55.1 Å². The molecule has 9 N–H and O–H groups in total. The van der Waals surface area contributed by atoms with Crippen molar-refractivity contribution in [1.29, 1.82) is 0 Å². The number of hydrogen-bond donors (Lipinski definition) is 9. The number of rotatable bonds is 9. The summed E-state index contributed by atoms with van der Waals surface area (Å²) in [5.74, 6) is -0.615. The van der Waals surface area contributed by atoms with E-state index in [9.17, 15) is 35.4 Å². The number of aliphatic hydroxyl groups excluding tert-OH is 8. The number of ether oxygens (including phenoxy) is 2. The van der Waals surface area contributed by atoms with E-state index in [1.54, 1.807) is 0 Å². The number of hydrogen-bond acceptors (Lipinski definition) is 11. The molecule has 0 aromatic rings. The highest BCUT2D eigenvalue weighted by Crippen LogP contribution is 2.25. The third kappa shape index (κ3) is 5.53. The highest BCUT2D eigenvalue weighted by molar-refractivity contribution is 5.73. The van der Waals surface area contributed by atoms with Gasteiger partial charge in [-0.3, -0.25) is 4.79 Å². The van der Waals surface area contributed by atoms with Crippen LogP contribution in [0.4, 0.5) is 0 Å². The Labute approximate surface area is 149 Å².